The van der Waals surface area contributed by atoms with Crippen LogP contribution < -0.4 is 4.90 Å². The number of hydrogen-bond acceptors (Lipinski definition) is 5. The first kappa shape index (κ1) is 16.9. The van der Waals surface area contributed by atoms with E-state index in [2.05, 4.69) is 28.7 Å². The molecule has 0 radical (unpaired) electrons. The molecule has 7 heteroatoms. The standard InChI is InChI=1S/C19H19FN4OS/c1-12-13(2)26-18-16(12)17(21-11-22-18)23-6-8-24(9-7-23)19(25)14-4-3-5-15(20)10-14/h3-5,10-11H,6-9H2,1-2H3. The lowest BCUT2D eigenvalue weighted by Gasteiger charge is -2.35. The van der Waals surface area contributed by atoms with Crippen molar-refractivity contribution in [3.63, 3.8) is 0 Å². The first-order valence-electron chi connectivity index (χ1n) is 8.55. The zero-order valence-corrected chi connectivity index (χ0v) is 15.5. The lowest BCUT2D eigenvalue weighted by molar-refractivity contribution is 0.0746. The van der Waals surface area contributed by atoms with E-state index in [-0.39, 0.29) is 11.7 Å². The van der Waals surface area contributed by atoms with Crippen LogP contribution in [0.15, 0.2) is 30.6 Å². The van der Waals surface area contributed by atoms with E-state index in [4.69, 9.17) is 0 Å². The van der Waals surface area contributed by atoms with Gasteiger partial charge in [-0.15, -0.1) is 11.3 Å². The van der Waals surface area contributed by atoms with Crippen LogP contribution in [0.25, 0.3) is 10.2 Å². The largest absolute Gasteiger partial charge is 0.352 e. The molecule has 2 aromatic heterocycles. The van der Waals surface area contributed by atoms with Crippen molar-refractivity contribution in [1.82, 2.24) is 14.9 Å². The lowest BCUT2D eigenvalue weighted by Crippen LogP contribution is -2.49. The Hall–Kier alpha value is -2.54. The summed E-state index contributed by atoms with van der Waals surface area (Å²) in [6.45, 7) is 6.76. The highest BCUT2D eigenvalue weighted by molar-refractivity contribution is 7.18. The van der Waals surface area contributed by atoms with Crippen LogP contribution in [0, 0.1) is 19.7 Å². The Morgan fingerprint density at radius 3 is 2.65 bits per heavy atom. The fraction of sp³-hybridized carbons (Fsp3) is 0.316. The highest BCUT2D eigenvalue weighted by atomic mass is 32.1. The van der Waals surface area contributed by atoms with E-state index in [9.17, 15) is 9.18 Å². The highest BCUT2D eigenvalue weighted by Gasteiger charge is 2.25. The summed E-state index contributed by atoms with van der Waals surface area (Å²) in [5, 5.41) is 1.11. The quantitative estimate of drug-likeness (QED) is 0.694. The molecule has 3 aromatic rings. The number of amides is 1. The van der Waals surface area contributed by atoms with Crippen molar-refractivity contribution in [2.75, 3.05) is 31.1 Å². The van der Waals surface area contributed by atoms with Crippen LogP contribution in [0.2, 0.25) is 0 Å². The van der Waals surface area contributed by atoms with E-state index >= 15 is 0 Å². The topological polar surface area (TPSA) is 49.3 Å². The summed E-state index contributed by atoms with van der Waals surface area (Å²) in [5.41, 5.74) is 1.62. The number of nitrogens with zero attached hydrogens (tertiary/aromatic N) is 4. The van der Waals surface area contributed by atoms with Crippen molar-refractivity contribution in [3.8, 4) is 0 Å². The molecule has 0 aliphatic carbocycles. The number of thiophene rings is 1. The molecule has 3 heterocycles. The van der Waals surface area contributed by atoms with E-state index in [1.54, 1.807) is 34.7 Å². The van der Waals surface area contributed by atoms with Crippen molar-refractivity contribution in [3.05, 3.63) is 52.4 Å². The van der Waals surface area contributed by atoms with Crippen molar-refractivity contribution >= 4 is 33.3 Å². The number of aryl methyl sites for hydroxylation is 2. The first-order valence-corrected chi connectivity index (χ1v) is 9.36. The van der Waals surface area contributed by atoms with Gasteiger partial charge < -0.3 is 9.80 Å². The summed E-state index contributed by atoms with van der Waals surface area (Å²) in [6, 6.07) is 5.86. The van der Waals surface area contributed by atoms with Gasteiger partial charge in [0.05, 0.1) is 5.39 Å². The number of anilines is 1. The van der Waals surface area contributed by atoms with Crippen LogP contribution in [0.5, 0.6) is 0 Å². The maximum atomic E-state index is 13.4. The van der Waals surface area contributed by atoms with E-state index in [1.807, 2.05) is 0 Å². The molecule has 0 saturated carbocycles. The first-order chi connectivity index (χ1) is 12.5. The van der Waals surface area contributed by atoms with E-state index in [0.717, 1.165) is 16.0 Å². The van der Waals surface area contributed by atoms with Crippen LogP contribution >= 0.6 is 11.3 Å². The van der Waals surface area contributed by atoms with Gasteiger partial charge in [-0.2, -0.15) is 0 Å². The second-order valence-electron chi connectivity index (χ2n) is 6.45. The van der Waals surface area contributed by atoms with E-state index in [0.29, 0.717) is 31.7 Å². The summed E-state index contributed by atoms with van der Waals surface area (Å²) >= 11 is 1.68. The van der Waals surface area contributed by atoms with Crippen molar-refractivity contribution in [2.24, 2.45) is 0 Å². The molecule has 5 nitrogen and oxygen atoms in total. The zero-order chi connectivity index (χ0) is 18.3. The van der Waals surface area contributed by atoms with Gasteiger partial charge in [0, 0.05) is 36.6 Å². The lowest BCUT2D eigenvalue weighted by atomic mass is 10.1. The van der Waals surface area contributed by atoms with Crippen molar-refractivity contribution in [1.29, 1.82) is 0 Å². The molecule has 1 saturated heterocycles. The van der Waals surface area contributed by atoms with Gasteiger partial charge >= 0.3 is 0 Å². The normalized spacial score (nSPS) is 14.9. The van der Waals surface area contributed by atoms with Crippen molar-refractivity contribution in [2.45, 2.75) is 13.8 Å². The monoisotopic (exact) mass is 370 g/mol. The Kier molecular flexibility index (Phi) is 4.32. The third kappa shape index (κ3) is 2.92. The molecule has 0 N–H and O–H groups in total. The van der Waals surface area contributed by atoms with Crippen LogP contribution in [0.3, 0.4) is 0 Å². The summed E-state index contributed by atoms with van der Waals surface area (Å²) in [4.78, 5) is 27.7. The number of fused-ring (bicyclic) bond motifs is 1. The second-order valence-corrected chi connectivity index (χ2v) is 7.65. The van der Waals surface area contributed by atoms with Gasteiger partial charge in [-0.3, -0.25) is 4.79 Å². The van der Waals surface area contributed by atoms with Gasteiger partial charge in [-0.1, -0.05) is 6.07 Å². The molecule has 26 heavy (non-hydrogen) atoms. The molecule has 0 atom stereocenters. The molecular weight excluding hydrogens is 351 g/mol. The van der Waals surface area contributed by atoms with Crippen LogP contribution in [-0.2, 0) is 0 Å². The van der Waals surface area contributed by atoms with Gasteiger partial charge in [-0.25, -0.2) is 14.4 Å². The Bertz CT molecular complexity index is 979. The summed E-state index contributed by atoms with van der Waals surface area (Å²) in [7, 11) is 0. The minimum absolute atomic E-state index is 0.125. The number of rotatable bonds is 2. The third-order valence-electron chi connectivity index (χ3n) is 4.88. The predicted molar refractivity (Wildman–Crippen MR) is 101 cm³/mol. The van der Waals surface area contributed by atoms with Crippen LogP contribution in [-0.4, -0.2) is 47.0 Å². The Balaban J connectivity index is 1.53. The number of hydrogen-bond donors (Lipinski definition) is 0. The molecule has 1 aromatic carbocycles. The molecule has 1 aliphatic heterocycles. The molecule has 0 unspecified atom stereocenters. The van der Waals surface area contributed by atoms with Crippen LogP contribution in [0.1, 0.15) is 20.8 Å². The number of carbonyl (C=O) groups is 1. The Morgan fingerprint density at radius 2 is 1.92 bits per heavy atom. The molecular formula is C19H19FN4OS. The van der Waals surface area contributed by atoms with Gasteiger partial charge in [0.1, 0.15) is 22.8 Å². The summed E-state index contributed by atoms with van der Waals surface area (Å²) in [5.74, 6) is 0.426. The number of piperazine rings is 1. The van der Waals surface area contributed by atoms with Gasteiger partial charge in [-0.05, 0) is 37.6 Å². The molecule has 4 rings (SSSR count). The SMILES string of the molecule is Cc1sc2ncnc(N3CCN(C(=O)c4cccc(F)c4)CC3)c2c1C. The summed E-state index contributed by atoms with van der Waals surface area (Å²) < 4.78 is 13.4. The fourth-order valence-electron chi connectivity index (χ4n) is 3.33. The minimum Gasteiger partial charge on any atom is -0.352 e. The summed E-state index contributed by atoms with van der Waals surface area (Å²) in [6.07, 6.45) is 1.61. The maximum Gasteiger partial charge on any atom is 0.254 e. The number of halogens is 1. The smallest absolute Gasteiger partial charge is 0.254 e. The van der Waals surface area contributed by atoms with E-state index < -0.39 is 0 Å². The third-order valence-corrected chi connectivity index (χ3v) is 6.00. The van der Waals surface area contributed by atoms with E-state index in [1.165, 1.54) is 22.6 Å². The number of aromatic nitrogens is 2. The molecule has 0 spiro atoms. The number of carbonyl (C=O) groups excluding carboxylic acids is 1. The average Bonchev–Trinajstić information content (AvgIpc) is 2.95. The molecule has 1 fully saturated rings. The van der Waals surface area contributed by atoms with Crippen LogP contribution in [0.4, 0.5) is 10.2 Å². The van der Waals surface area contributed by atoms with Gasteiger partial charge in [0.15, 0.2) is 0 Å². The Morgan fingerprint density at radius 1 is 1.15 bits per heavy atom. The molecule has 1 amide bonds. The van der Waals surface area contributed by atoms with Crippen molar-refractivity contribution < 1.29 is 9.18 Å². The second kappa shape index (κ2) is 6.64. The molecule has 1 aliphatic rings. The number of benzene rings is 1. The predicted octanol–water partition coefficient (Wildman–Crippen LogP) is 3.41. The fourth-order valence-corrected chi connectivity index (χ4v) is 4.32. The van der Waals surface area contributed by atoms with Gasteiger partial charge in [0.25, 0.3) is 5.91 Å². The average molecular weight is 370 g/mol. The Labute approximate surface area is 155 Å². The minimum atomic E-state index is -0.388. The van der Waals surface area contributed by atoms with Gasteiger partial charge in [0.2, 0.25) is 0 Å². The highest BCUT2D eigenvalue weighted by Crippen LogP contribution is 2.34. The zero-order valence-electron chi connectivity index (χ0n) is 14.7. The maximum absolute atomic E-state index is 13.4. The molecule has 0 bridgehead atoms. The molecule has 134 valence electrons.